The lowest BCUT2D eigenvalue weighted by atomic mass is 10.1. The van der Waals surface area contributed by atoms with Crippen LogP contribution in [-0.4, -0.2) is 30.7 Å². The van der Waals surface area contributed by atoms with E-state index in [-0.39, 0.29) is 17.3 Å². The third-order valence-corrected chi connectivity index (χ3v) is 8.05. The maximum Gasteiger partial charge on any atom is 0.257 e. The number of anilines is 1. The van der Waals surface area contributed by atoms with Crippen molar-refractivity contribution >= 4 is 42.6 Å². The zero-order chi connectivity index (χ0) is 22.9. The first-order chi connectivity index (χ1) is 15.2. The van der Waals surface area contributed by atoms with E-state index in [0.29, 0.717) is 10.7 Å². The van der Waals surface area contributed by atoms with Crippen LogP contribution in [0.15, 0.2) is 71.6 Å². The van der Waals surface area contributed by atoms with E-state index < -0.39 is 10.0 Å². The van der Waals surface area contributed by atoms with Gasteiger partial charge in [-0.1, -0.05) is 47.7 Å². The first kappa shape index (κ1) is 22.1. The molecule has 0 saturated carbocycles. The number of fused-ring (bicyclic) bond motifs is 1. The molecule has 0 aliphatic rings. The summed E-state index contributed by atoms with van der Waals surface area (Å²) in [5.74, 6) is -0.333. The summed E-state index contributed by atoms with van der Waals surface area (Å²) in [6, 6.07) is 19.4. The van der Waals surface area contributed by atoms with E-state index in [0.717, 1.165) is 26.9 Å². The molecule has 0 aliphatic heterocycles. The number of carbonyl (C=O) groups excluding carboxylic acids is 1. The molecule has 1 aromatic heterocycles. The van der Waals surface area contributed by atoms with Crippen LogP contribution in [0.4, 0.5) is 5.13 Å². The molecular formula is C24H23N3O3S2. The third-order valence-electron chi connectivity index (χ3n) is 5.11. The summed E-state index contributed by atoms with van der Waals surface area (Å²) in [6.45, 7) is 4.30. The van der Waals surface area contributed by atoms with Gasteiger partial charge in [0.1, 0.15) is 0 Å². The zero-order valence-corrected chi connectivity index (χ0v) is 19.6. The standard InChI is InChI=1S/C24H23N3O3S2/c1-16-13-17(2)22-21(14-16)25-24(31-22)26-23(28)19-9-11-20(12-10-19)32(29,30)27(3)15-18-7-5-4-6-8-18/h4-14H,15H2,1-3H3,(H,25,26,28). The number of amides is 1. The van der Waals surface area contributed by atoms with E-state index >= 15 is 0 Å². The Labute approximate surface area is 191 Å². The predicted molar refractivity (Wildman–Crippen MR) is 129 cm³/mol. The summed E-state index contributed by atoms with van der Waals surface area (Å²) in [6.07, 6.45) is 0. The molecule has 32 heavy (non-hydrogen) atoms. The van der Waals surface area contributed by atoms with Gasteiger partial charge in [-0.2, -0.15) is 4.31 Å². The minimum absolute atomic E-state index is 0.138. The van der Waals surface area contributed by atoms with Crippen LogP contribution in [-0.2, 0) is 16.6 Å². The van der Waals surface area contributed by atoms with Crippen LogP contribution in [0.2, 0.25) is 0 Å². The molecule has 1 N–H and O–H groups in total. The van der Waals surface area contributed by atoms with Crippen LogP contribution in [0.3, 0.4) is 0 Å². The number of rotatable bonds is 6. The van der Waals surface area contributed by atoms with Crippen molar-refractivity contribution in [3.63, 3.8) is 0 Å². The number of hydrogen-bond donors (Lipinski definition) is 1. The lowest BCUT2D eigenvalue weighted by Crippen LogP contribution is -2.26. The molecule has 164 valence electrons. The fraction of sp³-hybridized carbons (Fsp3) is 0.167. The molecule has 0 unspecified atom stereocenters. The van der Waals surface area contributed by atoms with Crippen molar-refractivity contribution in [2.75, 3.05) is 12.4 Å². The van der Waals surface area contributed by atoms with E-state index in [1.807, 2.05) is 50.2 Å². The highest BCUT2D eigenvalue weighted by Gasteiger charge is 2.21. The Morgan fingerprint density at radius 1 is 1.03 bits per heavy atom. The van der Waals surface area contributed by atoms with Crippen LogP contribution >= 0.6 is 11.3 Å². The fourth-order valence-electron chi connectivity index (χ4n) is 3.48. The van der Waals surface area contributed by atoms with Crippen molar-refractivity contribution in [3.8, 4) is 0 Å². The van der Waals surface area contributed by atoms with Crippen LogP contribution < -0.4 is 5.32 Å². The monoisotopic (exact) mass is 465 g/mol. The van der Waals surface area contributed by atoms with Crippen LogP contribution in [0.5, 0.6) is 0 Å². The molecule has 3 aromatic carbocycles. The van der Waals surface area contributed by atoms with Gasteiger partial charge in [0.25, 0.3) is 5.91 Å². The van der Waals surface area contributed by atoms with Crippen molar-refractivity contribution < 1.29 is 13.2 Å². The third kappa shape index (κ3) is 4.57. The Hall–Kier alpha value is -3.07. The molecule has 1 heterocycles. The molecule has 0 saturated heterocycles. The largest absolute Gasteiger partial charge is 0.298 e. The molecule has 4 rings (SSSR count). The Bertz CT molecular complexity index is 1380. The lowest BCUT2D eigenvalue weighted by molar-refractivity contribution is 0.102. The van der Waals surface area contributed by atoms with Gasteiger partial charge >= 0.3 is 0 Å². The zero-order valence-electron chi connectivity index (χ0n) is 18.0. The molecule has 6 nitrogen and oxygen atoms in total. The summed E-state index contributed by atoms with van der Waals surface area (Å²) in [7, 11) is -2.13. The number of hydrogen-bond acceptors (Lipinski definition) is 5. The molecule has 1 amide bonds. The smallest absolute Gasteiger partial charge is 0.257 e. The summed E-state index contributed by atoms with van der Waals surface area (Å²) < 4.78 is 28.1. The van der Waals surface area contributed by atoms with Gasteiger partial charge in [0.15, 0.2) is 5.13 Å². The summed E-state index contributed by atoms with van der Waals surface area (Å²) in [5, 5.41) is 3.33. The summed E-state index contributed by atoms with van der Waals surface area (Å²) in [5.41, 5.74) is 4.35. The van der Waals surface area contributed by atoms with E-state index in [2.05, 4.69) is 16.4 Å². The van der Waals surface area contributed by atoms with Crippen LogP contribution in [0, 0.1) is 13.8 Å². The first-order valence-electron chi connectivity index (χ1n) is 10.0. The van der Waals surface area contributed by atoms with Gasteiger partial charge in [-0.15, -0.1) is 0 Å². The second-order valence-electron chi connectivity index (χ2n) is 7.67. The Balaban J connectivity index is 1.49. The average Bonchev–Trinajstić information content (AvgIpc) is 3.17. The number of thiazole rings is 1. The predicted octanol–water partition coefficient (Wildman–Crippen LogP) is 4.99. The van der Waals surface area contributed by atoms with Crippen molar-refractivity contribution in [1.29, 1.82) is 0 Å². The maximum atomic E-state index is 12.9. The normalized spacial score (nSPS) is 11.8. The highest BCUT2D eigenvalue weighted by atomic mass is 32.2. The molecule has 0 aliphatic carbocycles. The van der Waals surface area contributed by atoms with E-state index in [1.165, 1.54) is 39.9 Å². The molecule has 4 aromatic rings. The Morgan fingerprint density at radius 2 is 1.72 bits per heavy atom. The second kappa shape index (κ2) is 8.82. The topological polar surface area (TPSA) is 79.4 Å². The van der Waals surface area contributed by atoms with E-state index in [9.17, 15) is 13.2 Å². The minimum Gasteiger partial charge on any atom is -0.298 e. The van der Waals surface area contributed by atoms with Gasteiger partial charge in [0.05, 0.1) is 15.1 Å². The van der Waals surface area contributed by atoms with Crippen molar-refractivity contribution in [2.24, 2.45) is 0 Å². The van der Waals surface area contributed by atoms with Crippen molar-refractivity contribution in [1.82, 2.24) is 9.29 Å². The molecule has 8 heteroatoms. The average molecular weight is 466 g/mol. The molecule has 0 bridgehead atoms. The molecular weight excluding hydrogens is 442 g/mol. The quantitative estimate of drug-likeness (QED) is 0.435. The number of aromatic nitrogens is 1. The van der Waals surface area contributed by atoms with Crippen LogP contribution in [0.25, 0.3) is 10.2 Å². The van der Waals surface area contributed by atoms with E-state index in [4.69, 9.17) is 0 Å². The minimum atomic E-state index is -3.67. The molecule has 0 fully saturated rings. The Kier molecular flexibility index (Phi) is 6.10. The summed E-state index contributed by atoms with van der Waals surface area (Å²) >= 11 is 1.42. The number of sulfonamides is 1. The van der Waals surface area contributed by atoms with Gasteiger partial charge in [0, 0.05) is 19.2 Å². The lowest BCUT2D eigenvalue weighted by Gasteiger charge is -2.17. The number of nitrogens with zero attached hydrogens (tertiary/aromatic N) is 2. The number of aryl methyl sites for hydroxylation is 2. The molecule has 0 spiro atoms. The SMILES string of the molecule is Cc1cc(C)c2sc(NC(=O)c3ccc(S(=O)(=O)N(C)Cc4ccccc4)cc3)nc2c1. The number of benzene rings is 3. The van der Waals surface area contributed by atoms with Gasteiger partial charge < -0.3 is 0 Å². The maximum absolute atomic E-state index is 12.9. The summed E-state index contributed by atoms with van der Waals surface area (Å²) in [4.78, 5) is 17.3. The first-order valence-corrected chi connectivity index (χ1v) is 12.3. The van der Waals surface area contributed by atoms with Gasteiger partial charge in [-0.25, -0.2) is 13.4 Å². The van der Waals surface area contributed by atoms with Gasteiger partial charge in [-0.05, 0) is 60.9 Å². The second-order valence-corrected chi connectivity index (χ2v) is 10.7. The van der Waals surface area contributed by atoms with Gasteiger partial charge in [0.2, 0.25) is 10.0 Å². The Morgan fingerprint density at radius 3 is 2.41 bits per heavy atom. The fourth-order valence-corrected chi connectivity index (χ4v) is 5.55. The van der Waals surface area contributed by atoms with E-state index in [1.54, 1.807) is 7.05 Å². The highest BCUT2D eigenvalue weighted by Crippen LogP contribution is 2.30. The number of nitrogens with one attached hydrogen (secondary N) is 1. The van der Waals surface area contributed by atoms with Crippen LogP contribution in [0.1, 0.15) is 27.0 Å². The van der Waals surface area contributed by atoms with Crippen molar-refractivity contribution in [2.45, 2.75) is 25.3 Å². The number of carbonyl (C=O) groups is 1. The molecule has 0 atom stereocenters. The van der Waals surface area contributed by atoms with Crippen molar-refractivity contribution in [3.05, 3.63) is 89.0 Å². The van der Waals surface area contributed by atoms with Gasteiger partial charge in [-0.3, -0.25) is 10.1 Å². The highest BCUT2D eigenvalue weighted by molar-refractivity contribution is 7.89. The molecule has 0 radical (unpaired) electrons.